The second kappa shape index (κ2) is 6.72. The molecule has 2 saturated carbocycles. The van der Waals surface area contributed by atoms with Crippen molar-refractivity contribution in [3.05, 3.63) is 23.3 Å². The molecule has 6 nitrogen and oxygen atoms in total. The van der Waals surface area contributed by atoms with E-state index < -0.39 is 17.1 Å². The first-order valence-electron chi connectivity index (χ1n) is 12.2. The first-order chi connectivity index (χ1) is 15.4. The number of ketones is 1. The van der Waals surface area contributed by atoms with Gasteiger partial charge in [-0.3, -0.25) is 14.5 Å². The first-order valence-corrected chi connectivity index (χ1v) is 12.2. The number of nitrogens with zero attached hydrogens (tertiary/aromatic N) is 1. The molecule has 0 aromatic heterocycles. The summed E-state index contributed by atoms with van der Waals surface area (Å²) >= 11 is 0. The number of likely N-dealkylation sites (tertiary alicyclic amines) is 1. The number of fused-ring (bicyclic) bond motifs is 1. The number of Topliss-reactive ketones (excluding diaryl/α,β-unsaturated/α-hetero) is 1. The molecule has 3 fully saturated rings. The fourth-order valence-corrected chi connectivity index (χ4v) is 8.35. The summed E-state index contributed by atoms with van der Waals surface area (Å²) < 4.78 is 18.7. The molecule has 5 aliphatic rings. The van der Waals surface area contributed by atoms with E-state index in [0.29, 0.717) is 30.8 Å². The third kappa shape index (κ3) is 2.25. The van der Waals surface area contributed by atoms with Gasteiger partial charge < -0.3 is 14.2 Å². The van der Waals surface area contributed by atoms with Crippen molar-refractivity contribution in [1.29, 1.82) is 0 Å². The Bertz CT molecular complexity index is 1010. The molecule has 2 bridgehead atoms. The molecule has 5 atom stereocenters. The van der Waals surface area contributed by atoms with Crippen LogP contribution < -0.4 is 9.47 Å². The Morgan fingerprint density at radius 1 is 1.28 bits per heavy atom. The largest absolute Gasteiger partial charge is 0.493 e. The predicted molar refractivity (Wildman–Crippen MR) is 118 cm³/mol. The van der Waals surface area contributed by atoms with E-state index in [-0.39, 0.29) is 23.2 Å². The maximum atomic E-state index is 13.3. The van der Waals surface area contributed by atoms with Crippen LogP contribution in [-0.4, -0.2) is 55.1 Å². The Kier molecular flexibility index (Phi) is 4.31. The first kappa shape index (κ1) is 20.5. The normalized spacial score (nSPS) is 37.9. The Hall–Kier alpha value is -2.08. The van der Waals surface area contributed by atoms with Crippen LogP contribution in [0, 0.1) is 5.41 Å². The van der Waals surface area contributed by atoms with Gasteiger partial charge in [0.05, 0.1) is 18.6 Å². The number of hydrogen-bond acceptors (Lipinski definition) is 6. The van der Waals surface area contributed by atoms with E-state index in [9.17, 15) is 9.59 Å². The number of rotatable bonds is 7. The van der Waals surface area contributed by atoms with E-state index in [1.165, 1.54) is 5.56 Å². The lowest BCUT2D eigenvalue weighted by atomic mass is 9.57. The Morgan fingerprint density at radius 3 is 2.88 bits per heavy atom. The van der Waals surface area contributed by atoms with Crippen LogP contribution in [0.4, 0.5) is 0 Å². The van der Waals surface area contributed by atoms with E-state index >= 15 is 0 Å². The standard InChI is InChI=1S/C26H33NO5/c1-4-5-6-7-8-19(29)32-26-12-11-17(28)22-25(26)14-24(15-27(2)23(24)26)13-16-9-10-18(30-3)21(31-22)20(16)25/h9-10,22-23H,4-8,11-15H2,1-3H3/t22?,23-,24?,25?,26-/m1/s1. The van der Waals surface area contributed by atoms with E-state index in [1.54, 1.807) is 7.11 Å². The highest BCUT2D eigenvalue weighted by Crippen LogP contribution is 2.75. The topological polar surface area (TPSA) is 65.1 Å². The number of benzene rings is 1. The van der Waals surface area contributed by atoms with Crippen molar-refractivity contribution < 1.29 is 23.8 Å². The minimum atomic E-state index is -0.719. The number of carbonyl (C=O) groups is 2. The van der Waals surface area contributed by atoms with Crippen molar-refractivity contribution >= 4 is 11.8 Å². The summed E-state index contributed by atoms with van der Waals surface area (Å²) in [6.07, 6.45) is 6.79. The van der Waals surface area contributed by atoms with Gasteiger partial charge in [0.25, 0.3) is 0 Å². The van der Waals surface area contributed by atoms with Crippen LogP contribution in [0.25, 0.3) is 0 Å². The van der Waals surface area contributed by atoms with Gasteiger partial charge in [-0.1, -0.05) is 32.3 Å². The van der Waals surface area contributed by atoms with Gasteiger partial charge in [-0.25, -0.2) is 0 Å². The summed E-state index contributed by atoms with van der Waals surface area (Å²) in [5.41, 5.74) is 1.04. The smallest absolute Gasteiger partial charge is 0.306 e. The Morgan fingerprint density at radius 2 is 2.12 bits per heavy atom. The van der Waals surface area contributed by atoms with Crippen LogP contribution in [0.15, 0.2) is 12.1 Å². The number of likely N-dealkylation sites (N-methyl/N-ethyl adjacent to an activating group) is 1. The average molecular weight is 440 g/mol. The van der Waals surface area contributed by atoms with Crippen molar-refractivity contribution in [2.75, 3.05) is 20.7 Å². The van der Waals surface area contributed by atoms with Gasteiger partial charge in [-0.05, 0) is 44.4 Å². The Balaban J connectivity index is 1.48. The molecule has 1 aromatic rings. The van der Waals surface area contributed by atoms with Crippen LogP contribution in [0.3, 0.4) is 0 Å². The number of ether oxygens (including phenoxy) is 3. The number of esters is 1. The minimum absolute atomic E-state index is 0.0344. The summed E-state index contributed by atoms with van der Waals surface area (Å²) in [5, 5.41) is 0. The van der Waals surface area contributed by atoms with Crippen LogP contribution in [0.5, 0.6) is 11.5 Å². The van der Waals surface area contributed by atoms with Gasteiger partial charge in [0.15, 0.2) is 23.4 Å². The van der Waals surface area contributed by atoms with Crippen molar-refractivity contribution in [1.82, 2.24) is 4.90 Å². The summed E-state index contributed by atoms with van der Waals surface area (Å²) in [5.74, 6) is 1.38. The highest BCUT2D eigenvalue weighted by molar-refractivity contribution is 5.91. The zero-order valence-electron chi connectivity index (χ0n) is 19.4. The Labute approximate surface area is 189 Å². The van der Waals surface area contributed by atoms with Crippen molar-refractivity contribution in [2.24, 2.45) is 5.41 Å². The summed E-state index contributed by atoms with van der Waals surface area (Å²) in [7, 11) is 3.78. The fraction of sp³-hybridized carbons (Fsp3) is 0.692. The number of carbonyl (C=O) groups excluding carboxylic acids is 2. The lowest BCUT2D eigenvalue weighted by Crippen LogP contribution is -2.72. The van der Waals surface area contributed by atoms with Crippen LogP contribution in [-0.2, 0) is 26.2 Å². The van der Waals surface area contributed by atoms with E-state index in [2.05, 4.69) is 24.9 Å². The van der Waals surface area contributed by atoms with Gasteiger partial charge in [0, 0.05) is 30.4 Å². The van der Waals surface area contributed by atoms with Gasteiger partial charge in [-0.2, -0.15) is 0 Å². The molecule has 3 aliphatic carbocycles. The molecule has 32 heavy (non-hydrogen) atoms. The molecule has 0 N–H and O–H groups in total. The lowest BCUT2D eigenvalue weighted by Gasteiger charge is -2.57. The zero-order valence-corrected chi connectivity index (χ0v) is 19.4. The van der Waals surface area contributed by atoms with Crippen molar-refractivity contribution in [2.45, 2.75) is 87.9 Å². The van der Waals surface area contributed by atoms with E-state index in [4.69, 9.17) is 14.2 Å². The minimum Gasteiger partial charge on any atom is -0.493 e. The van der Waals surface area contributed by atoms with Gasteiger partial charge in [0.1, 0.15) is 5.60 Å². The maximum absolute atomic E-state index is 13.3. The van der Waals surface area contributed by atoms with Crippen molar-refractivity contribution in [3.63, 3.8) is 0 Å². The number of methoxy groups -OCH3 is 1. The van der Waals surface area contributed by atoms with Gasteiger partial charge in [-0.15, -0.1) is 0 Å². The SMILES string of the molecule is CCCCCCC(=O)O[C@@]12CCC(=O)C3Oc4c(OC)ccc5c4C31CC1(C5)CN(C)[C@H]12. The summed E-state index contributed by atoms with van der Waals surface area (Å²) in [6.45, 7) is 3.14. The highest BCUT2D eigenvalue weighted by Gasteiger charge is 2.84. The monoisotopic (exact) mass is 439 g/mol. The van der Waals surface area contributed by atoms with Gasteiger partial charge >= 0.3 is 5.97 Å². The molecule has 172 valence electrons. The number of hydrogen-bond donors (Lipinski definition) is 0. The molecule has 2 heterocycles. The lowest BCUT2D eigenvalue weighted by molar-refractivity contribution is -0.200. The maximum Gasteiger partial charge on any atom is 0.306 e. The molecule has 1 aromatic carbocycles. The summed E-state index contributed by atoms with van der Waals surface area (Å²) in [4.78, 5) is 28.9. The molecular weight excluding hydrogens is 406 g/mol. The van der Waals surface area contributed by atoms with Crippen molar-refractivity contribution in [3.8, 4) is 11.5 Å². The summed E-state index contributed by atoms with van der Waals surface area (Å²) in [6, 6.07) is 4.23. The molecule has 0 amide bonds. The number of unbranched alkanes of at least 4 members (excludes halogenated alkanes) is 3. The van der Waals surface area contributed by atoms with Crippen LogP contribution in [0.2, 0.25) is 0 Å². The fourth-order valence-electron chi connectivity index (χ4n) is 8.35. The zero-order chi connectivity index (χ0) is 22.3. The molecule has 6 heteroatoms. The molecule has 2 spiro atoms. The molecule has 2 aliphatic heterocycles. The molecular formula is C26H33NO5. The van der Waals surface area contributed by atoms with E-state index in [0.717, 1.165) is 50.6 Å². The average Bonchev–Trinajstić information content (AvgIpc) is 3.19. The van der Waals surface area contributed by atoms with Crippen LogP contribution in [0.1, 0.15) is 69.4 Å². The second-order valence-corrected chi connectivity index (χ2v) is 10.8. The second-order valence-electron chi connectivity index (χ2n) is 10.8. The third-order valence-corrected chi connectivity index (χ3v) is 9.08. The molecule has 0 radical (unpaired) electrons. The predicted octanol–water partition coefficient (Wildman–Crippen LogP) is 3.57. The molecule has 3 unspecified atom stereocenters. The van der Waals surface area contributed by atoms with E-state index in [1.807, 2.05) is 6.07 Å². The van der Waals surface area contributed by atoms with Crippen LogP contribution >= 0.6 is 0 Å². The quantitative estimate of drug-likeness (QED) is 0.478. The highest BCUT2D eigenvalue weighted by atomic mass is 16.6. The molecule has 1 saturated heterocycles. The van der Waals surface area contributed by atoms with Gasteiger partial charge in [0.2, 0.25) is 0 Å². The molecule has 6 rings (SSSR count). The third-order valence-electron chi connectivity index (χ3n) is 9.08.